The van der Waals surface area contributed by atoms with Gasteiger partial charge in [-0.15, -0.1) is 0 Å². The third kappa shape index (κ3) is 5.14. The van der Waals surface area contributed by atoms with Gasteiger partial charge in [0.1, 0.15) is 16.5 Å². The number of sulfonamides is 1. The van der Waals surface area contributed by atoms with E-state index in [1.807, 2.05) is 12.1 Å². The minimum absolute atomic E-state index is 0.0309. The van der Waals surface area contributed by atoms with Crippen molar-refractivity contribution in [2.24, 2.45) is 5.92 Å². The number of hydrogen-bond acceptors (Lipinski definition) is 5. The van der Waals surface area contributed by atoms with Crippen molar-refractivity contribution in [1.82, 2.24) is 4.31 Å². The second kappa shape index (κ2) is 9.69. The summed E-state index contributed by atoms with van der Waals surface area (Å²) in [5, 5.41) is 0. The minimum atomic E-state index is -4.22. The summed E-state index contributed by atoms with van der Waals surface area (Å²) in [6.07, 6.45) is 4.54. The van der Waals surface area contributed by atoms with Gasteiger partial charge in [-0.3, -0.25) is 9.59 Å². The molecule has 1 aliphatic carbocycles. The summed E-state index contributed by atoms with van der Waals surface area (Å²) in [7, 11) is -4.22. The monoisotopic (exact) mass is 477 g/mol. The van der Waals surface area contributed by atoms with Crippen LogP contribution in [-0.2, 0) is 32.4 Å². The van der Waals surface area contributed by atoms with Crippen molar-refractivity contribution in [3.63, 3.8) is 0 Å². The molecule has 1 heterocycles. The van der Waals surface area contributed by atoms with Gasteiger partial charge in [-0.2, -0.15) is 4.31 Å². The molecule has 4 rings (SSSR count). The number of esters is 1. The van der Waals surface area contributed by atoms with Gasteiger partial charge in [-0.05, 0) is 73.9 Å². The van der Waals surface area contributed by atoms with Gasteiger partial charge in [0, 0.05) is 18.7 Å². The smallest absolute Gasteiger partial charge is 0.309 e. The molecule has 0 atom stereocenters. The molecule has 33 heavy (non-hydrogen) atoms. The minimum Gasteiger partial charge on any atom is -0.457 e. The molecule has 176 valence electrons. The Kier molecular flexibility index (Phi) is 6.90. The molecular weight excluding hydrogens is 452 g/mol. The van der Waals surface area contributed by atoms with Crippen LogP contribution in [0.1, 0.15) is 47.2 Å². The Morgan fingerprint density at radius 1 is 0.970 bits per heavy atom. The van der Waals surface area contributed by atoms with Crippen molar-refractivity contribution in [3.05, 3.63) is 64.7 Å². The standard InChI is InChI=1S/C24H25F2NO5S/c25-20-7-8-21(26)23(14-20)33(30,31)27-11-9-17(10-12-27)24(29)32-15-22(28)19-6-5-16-3-1-2-4-18(16)13-19/h5-8,13-14,17H,1-4,9-12,15H2. The third-order valence-electron chi connectivity index (χ3n) is 6.31. The van der Waals surface area contributed by atoms with Crippen LogP contribution in [0, 0.1) is 17.6 Å². The van der Waals surface area contributed by atoms with Gasteiger partial charge in [0.15, 0.2) is 12.4 Å². The van der Waals surface area contributed by atoms with E-state index < -0.39 is 38.4 Å². The number of carbonyl (C=O) groups is 2. The van der Waals surface area contributed by atoms with E-state index in [4.69, 9.17) is 4.74 Å². The molecule has 0 saturated carbocycles. The maximum atomic E-state index is 14.0. The predicted octanol–water partition coefficient (Wildman–Crippen LogP) is 3.67. The number of halogens is 2. The molecule has 1 saturated heterocycles. The summed E-state index contributed by atoms with van der Waals surface area (Å²) < 4.78 is 59.0. The van der Waals surface area contributed by atoms with Crippen molar-refractivity contribution >= 4 is 21.8 Å². The van der Waals surface area contributed by atoms with E-state index in [0.29, 0.717) is 11.6 Å². The molecule has 0 bridgehead atoms. The normalized spacial score (nSPS) is 17.4. The molecule has 6 nitrogen and oxygen atoms in total. The third-order valence-corrected chi connectivity index (χ3v) is 8.23. The second-order valence-corrected chi connectivity index (χ2v) is 10.4. The molecule has 1 aliphatic heterocycles. The highest BCUT2D eigenvalue weighted by atomic mass is 32.2. The first kappa shape index (κ1) is 23.5. The van der Waals surface area contributed by atoms with E-state index in [9.17, 15) is 26.8 Å². The SMILES string of the molecule is O=C(COC(=O)C1CCN(S(=O)(=O)c2cc(F)ccc2F)CC1)c1ccc2c(c1)CCCC2. The molecule has 0 aromatic heterocycles. The Bertz CT molecular complexity index is 1170. The maximum absolute atomic E-state index is 14.0. The maximum Gasteiger partial charge on any atom is 0.309 e. The first-order valence-electron chi connectivity index (χ1n) is 11.0. The van der Waals surface area contributed by atoms with Crippen molar-refractivity contribution < 1.29 is 31.5 Å². The zero-order valence-corrected chi connectivity index (χ0v) is 18.9. The number of rotatable bonds is 6. The van der Waals surface area contributed by atoms with Crippen LogP contribution in [0.4, 0.5) is 8.78 Å². The van der Waals surface area contributed by atoms with Crippen LogP contribution < -0.4 is 0 Å². The topological polar surface area (TPSA) is 80.8 Å². The zero-order valence-electron chi connectivity index (χ0n) is 18.1. The molecular formula is C24H25F2NO5S. The predicted molar refractivity (Wildman–Crippen MR) is 116 cm³/mol. The van der Waals surface area contributed by atoms with Crippen molar-refractivity contribution in [1.29, 1.82) is 0 Å². The van der Waals surface area contributed by atoms with Gasteiger partial charge in [0.05, 0.1) is 5.92 Å². The fourth-order valence-corrected chi connectivity index (χ4v) is 5.94. The Labute approximate surface area is 191 Å². The van der Waals surface area contributed by atoms with Gasteiger partial charge < -0.3 is 4.74 Å². The molecule has 0 radical (unpaired) electrons. The summed E-state index contributed by atoms with van der Waals surface area (Å²) >= 11 is 0. The van der Waals surface area contributed by atoms with Gasteiger partial charge in [0.25, 0.3) is 0 Å². The molecule has 0 spiro atoms. The van der Waals surface area contributed by atoms with E-state index in [2.05, 4.69) is 0 Å². The number of hydrogen-bond donors (Lipinski definition) is 0. The average Bonchev–Trinajstić information content (AvgIpc) is 2.83. The van der Waals surface area contributed by atoms with E-state index in [1.165, 1.54) is 11.1 Å². The van der Waals surface area contributed by atoms with Crippen LogP contribution in [0.3, 0.4) is 0 Å². The largest absolute Gasteiger partial charge is 0.457 e. The van der Waals surface area contributed by atoms with Crippen molar-refractivity contribution in [2.45, 2.75) is 43.4 Å². The Morgan fingerprint density at radius 3 is 2.39 bits per heavy atom. The Balaban J connectivity index is 1.31. The van der Waals surface area contributed by atoms with Crippen LogP contribution in [0.5, 0.6) is 0 Å². The van der Waals surface area contributed by atoms with Crippen molar-refractivity contribution in [2.75, 3.05) is 19.7 Å². The molecule has 0 unspecified atom stereocenters. The Morgan fingerprint density at radius 2 is 1.67 bits per heavy atom. The quantitative estimate of drug-likeness (QED) is 0.469. The van der Waals surface area contributed by atoms with E-state index >= 15 is 0 Å². The lowest BCUT2D eigenvalue weighted by atomic mass is 9.90. The lowest BCUT2D eigenvalue weighted by Gasteiger charge is -2.30. The second-order valence-electron chi connectivity index (χ2n) is 8.47. The first-order valence-corrected chi connectivity index (χ1v) is 12.5. The highest BCUT2D eigenvalue weighted by molar-refractivity contribution is 7.89. The van der Waals surface area contributed by atoms with Crippen LogP contribution in [0.2, 0.25) is 0 Å². The average molecular weight is 478 g/mol. The van der Waals surface area contributed by atoms with Gasteiger partial charge in [0.2, 0.25) is 10.0 Å². The summed E-state index contributed by atoms with van der Waals surface area (Å²) in [6.45, 7) is -0.432. The fourth-order valence-electron chi connectivity index (χ4n) is 4.39. The number of fused-ring (bicyclic) bond motifs is 1. The van der Waals surface area contributed by atoms with Crippen LogP contribution in [0.25, 0.3) is 0 Å². The molecule has 2 aliphatic rings. The highest BCUT2D eigenvalue weighted by Gasteiger charge is 2.34. The number of ketones is 1. The van der Waals surface area contributed by atoms with Gasteiger partial charge >= 0.3 is 5.97 Å². The molecule has 2 aromatic carbocycles. The number of Topliss-reactive ketones (excluding diaryl/α,β-unsaturated/α-hetero) is 1. The lowest BCUT2D eigenvalue weighted by molar-refractivity contribution is -0.148. The van der Waals surface area contributed by atoms with Gasteiger partial charge in [-0.25, -0.2) is 17.2 Å². The zero-order chi connectivity index (χ0) is 23.6. The highest BCUT2D eigenvalue weighted by Crippen LogP contribution is 2.27. The summed E-state index contributed by atoms with van der Waals surface area (Å²) in [5.74, 6) is -3.28. The lowest BCUT2D eigenvalue weighted by Crippen LogP contribution is -2.41. The van der Waals surface area contributed by atoms with E-state index in [0.717, 1.165) is 42.1 Å². The summed E-state index contributed by atoms with van der Waals surface area (Å²) in [5.41, 5.74) is 2.94. The molecule has 1 fully saturated rings. The number of piperidine rings is 1. The molecule has 2 aromatic rings. The molecule has 9 heteroatoms. The number of ether oxygens (including phenoxy) is 1. The molecule has 0 amide bonds. The number of nitrogens with zero attached hydrogens (tertiary/aromatic N) is 1. The first-order chi connectivity index (χ1) is 15.8. The number of aryl methyl sites for hydroxylation is 2. The van der Waals surface area contributed by atoms with E-state index in [1.54, 1.807) is 6.07 Å². The van der Waals surface area contributed by atoms with Crippen LogP contribution in [-0.4, -0.2) is 44.2 Å². The van der Waals surface area contributed by atoms with Crippen LogP contribution >= 0.6 is 0 Å². The number of carbonyl (C=O) groups excluding carboxylic acids is 2. The molecule has 0 N–H and O–H groups in total. The van der Waals surface area contributed by atoms with Crippen LogP contribution in [0.15, 0.2) is 41.3 Å². The fraction of sp³-hybridized carbons (Fsp3) is 0.417. The Hall–Kier alpha value is -2.65. The summed E-state index contributed by atoms with van der Waals surface area (Å²) in [4.78, 5) is 24.2. The van der Waals surface area contributed by atoms with Crippen molar-refractivity contribution in [3.8, 4) is 0 Å². The number of benzene rings is 2. The van der Waals surface area contributed by atoms with E-state index in [-0.39, 0.29) is 38.3 Å². The summed E-state index contributed by atoms with van der Waals surface area (Å²) in [6, 6.07) is 7.86. The van der Waals surface area contributed by atoms with Gasteiger partial charge in [-0.1, -0.05) is 12.1 Å².